The van der Waals surface area contributed by atoms with Crippen LogP contribution in [-0.2, 0) is 14.0 Å². The summed E-state index contributed by atoms with van der Waals surface area (Å²) in [5.74, 6) is 0. The third-order valence-electron chi connectivity index (χ3n) is 0.577. The lowest BCUT2D eigenvalue weighted by molar-refractivity contribution is -0.0987. The Labute approximate surface area is 71.1 Å². The minimum Gasteiger partial charge on any atom is -0.427 e. The van der Waals surface area contributed by atoms with E-state index in [1.807, 2.05) is 13.6 Å². The highest BCUT2D eigenvalue weighted by atomic mass is 28.2. The third-order valence-corrected chi connectivity index (χ3v) is 1.73. The van der Waals surface area contributed by atoms with Crippen molar-refractivity contribution in [2.45, 2.75) is 25.8 Å². The van der Waals surface area contributed by atoms with Gasteiger partial charge in [0, 0.05) is 7.11 Å². The van der Waals surface area contributed by atoms with Crippen LogP contribution in [-0.4, -0.2) is 30.5 Å². The lowest BCUT2D eigenvalue weighted by atomic mass is 10.3. The molecule has 0 saturated carbocycles. The number of hydrogen-bond acceptors (Lipinski definition) is 3. The van der Waals surface area contributed by atoms with Crippen LogP contribution in [0.25, 0.3) is 0 Å². The average Bonchev–Trinajstić information content (AvgIpc) is 1.94. The van der Waals surface area contributed by atoms with Gasteiger partial charge in [0.15, 0.2) is 9.76 Å². The molecule has 0 atom stereocenters. The molecular weight excluding hydrogens is 160 g/mol. The molecule has 0 aliphatic rings. The lowest BCUT2D eigenvalue weighted by Crippen LogP contribution is -2.09. The number of carbonyl (C=O) groups is 2. The molecule has 0 amide bonds. The molecule has 11 heavy (non-hydrogen) atoms. The topological polar surface area (TPSA) is 43.4 Å². The van der Waals surface area contributed by atoms with Crippen LogP contribution in [0.2, 0.25) is 5.04 Å². The molecule has 68 valence electrons. The van der Waals surface area contributed by atoms with Gasteiger partial charge in [0.1, 0.15) is 13.6 Å². The van der Waals surface area contributed by atoms with Gasteiger partial charge in [-0.3, -0.25) is 0 Å². The summed E-state index contributed by atoms with van der Waals surface area (Å²) in [4.78, 5) is 16.0. The summed E-state index contributed by atoms with van der Waals surface area (Å²) in [5, 5.41) is 0.467. The van der Waals surface area contributed by atoms with E-state index in [9.17, 15) is 0 Å². The molecular formula is C7H18O3Si. The van der Waals surface area contributed by atoms with Gasteiger partial charge in [0.05, 0.1) is 0 Å². The fraction of sp³-hybridized carbons (Fsp3) is 0.714. The molecule has 0 fully saturated rings. The highest BCUT2D eigenvalue weighted by Crippen LogP contribution is 2.18. The molecule has 0 aromatic carbocycles. The Morgan fingerprint density at radius 2 is 1.36 bits per heavy atom. The Morgan fingerprint density at radius 1 is 1.09 bits per heavy atom. The number of carbonyl (C=O) groups excluding carboxylic acids is 2. The van der Waals surface area contributed by atoms with Gasteiger partial charge in [0.2, 0.25) is 0 Å². The van der Waals surface area contributed by atoms with Gasteiger partial charge in [-0.1, -0.05) is 20.8 Å². The van der Waals surface area contributed by atoms with Crippen molar-refractivity contribution in [1.82, 2.24) is 0 Å². The van der Waals surface area contributed by atoms with Crippen LogP contribution in [0, 0.1) is 0 Å². The van der Waals surface area contributed by atoms with E-state index in [4.69, 9.17) is 14.0 Å². The predicted molar refractivity (Wildman–Crippen MR) is 49.5 cm³/mol. The summed E-state index contributed by atoms with van der Waals surface area (Å²) >= 11 is 0. The minimum atomic E-state index is -0.240. The van der Waals surface area contributed by atoms with E-state index in [1.165, 1.54) is 0 Å². The van der Waals surface area contributed by atoms with E-state index >= 15 is 0 Å². The first-order valence-electron chi connectivity index (χ1n) is 3.13. The molecule has 0 radical (unpaired) electrons. The zero-order chi connectivity index (χ0) is 9.91. The van der Waals surface area contributed by atoms with Gasteiger partial charge in [-0.15, -0.1) is 0 Å². The van der Waals surface area contributed by atoms with Gasteiger partial charge >= 0.3 is 0 Å². The summed E-state index contributed by atoms with van der Waals surface area (Å²) < 4.78 is 5.05. The van der Waals surface area contributed by atoms with Crippen molar-refractivity contribution in [3.05, 3.63) is 0 Å². The molecule has 0 spiro atoms. The van der Waals surface area contributed by atoms with E-state index in [2.05, 4.69) is 20.8 Å². The maximum absolute atomic E-state index is 8.00. The van der Waals surface area contributed by atoms with E-state index in [-0.39, 0.29) is 9.76 Å². The van der Waals surface area contributed by atoms with Crippen LogP contribution in [0.1, 0.15) is 20.8 Å². The monoisotopic (exact) mass is 178 g/mol. The van der Waals surface area contributed by atoms with Crippen LogP contribution in [0.3, 0.4) is 0 Å². The fourth-order valence-corrected chi connectivity index (χ4v) is 1.30. The van der Waals surface area contributed by atoms with Gasteiger partial charge in [-0.25, -0.2) is 0 Å². The molecule has 4 heteroatoms. The first-order valence-corrected chi connectivity index (χ1v) is 4.41. The number of hydrogen-bond donors (Lipinski definition) is 0. The summed E-state index contributed by atoms with van der Waals surface area (Å²) in [7, 11) is 1.55. The standard InChI is InChI=1S/C5H14OSi.2CH2O/c1-5(2,3)7-6-4;2*1-2/h7H2,1-4H3;2*1H2. The highest BCUT2D eigenvalue weighted by molar-refractivity contribution is 6.31. The molecule has 0 saturated heterocycles. The van der Waals surface area contributed by atoms with Crippen LogP contribution in [0.4, 0.5) is 0 Å². The SMILES string of the molecule is C=O.C=O.CO[SiH2]C(C)(C)C. The van der Waals surface area contributed by atoms with Crippen molar-refractivity contribution in [1.29, 1.82) is 0 Å². The average molecular weight is 178 g/mol. The molecule has 0 aliphatic carbocycles. The Hall–Kier alpha value is -0.483. The molecule has 3 nitrogen and oxygen atoms in total. The second-order valence-electron chi connectivity index (χ2n) is 2.99. The van der Waals surface area contributed by atoms with Gasteiger partial charge < -0.3 is 14.0 Å². The molecule has 0 unspecified atom stereocenters. The summed E-state index contributed by atoms with van der Waals surface area (Å²) in [6.07, 6.45) is 0. The minimum absolute atomic E-state index is 0.240. The van der Waals surface area contributed by atoms with Crippen LogP contribution >= 0.6 is 0 Å². The van der Waals surface area contributed by atoms with Gasteiger partial charge in [0.25, 0.3) is 0 Å². The van der Waals surface area contributed by atoms with Crippen molar-refractivity contribution in [3.63, 3.8) is 0 Å². The van der Waals surface area contributed by atoms with E-state index in [1.54, 1.807) is 7.11 Å². The molecule has 0 rings (SSSR count). The molecule has 0 N–H and O–H groups in total. The van der Waals surface area contributed by atoms with Crippen molar-refractivity contribution >= 4 is 23.3 Å². The Bertz CT molecular complexity index is 68.6. The molecule has 0 bridgehead atoms. The van der Waals surface area contributed by atoms with Crippen molar-refractivity contribution in [3.8, 4) is 0 Å². The second kappa shape index (κ2) is 12.2. The predicted octanol–water partition coefficient (Wildman–Crippen LogP) is 0.565. The van der Waals surface area contributed by atoms with Crippen molar-refractivity contribution < 1.29 is 14.0 Å². The maximum atomic E-state index is 8.00. The Balaban J connectivity index is -0.000000138. The zero-order valence-corrected chi connectivity index (χ0v) is 9.26. The van der Waals surface area contributed by atoms with Gasteiger partial charge in [-0.05, 0) is 5.04 Å². The van der Waals surface area contributed by atoms with E-state index < -0.39 is 0 Å². The highest BCUT2D eigenvalue weighted by Gasteiger charge is 2.08. The third kappa shape index (κ3) is 43.5. The van der Waals surface area contributed by atoms with Crippen LogP contribution < -0.4 is 0 Å². The Kier molecular flexibility index (Phi) is 18.7. The molecule has 0 aliphatic heterocycles. The first kappa shape index (κ1) is 16.9. The zero-order valence-electron chi connectivity index (χ0n) is 7.85. The largest absolute Gasteiger partial charge is 0.427 e. The van der Waals surface area contributed by atoms with Crippen LogP contribution in [0.5, 0.6) is 0 Å². The van der Waals surface area contributed by atoms with Gasteiger partial charge in [-0.2, -0.15) is 0 Å². The molecule has 0 aromatic rings. The molecule has 0 aromatic heterocycles. The Morgan fingerprint density at radius 3 is 1.36 bits per heavy atom. The number of rotatable bonds is 1. The first-order chi connectivity index (χ1) is 5.06. The van der Waals surface area contributed by atoms with Crippen molar-refractivity contribution in [2.24, 2.45) is 0 Å². The summed E-state index contributed by atoms with van der Waals surface area (Å²) in [5.41, 5.74) is 0. The maximum Gasteiger partial charge on any atom is 0.166 e. The van der Waals surface area contributed by atoms with E-state index in [0.29, 0.717) is 5.04 Å². The molecule has 0 heterocycles. The smallest absolute Gasteiger partial charge is 0.166 e. The lowest BCUT2D eigenvalue weighted by Gasteiger charge is -2.14. The van der Waals surface area contributed by atoms with Crippen molar-refractivity contribution in [2.75, 3.05) is 7.11 Å². The second-order valence-corrected chi connectivity index (χ2v) is 5.98. The summed E-state index contributed by atoms with van der Waals surface area (Å²) in [6, 6.07) is 0. The quantitative estimate of drug-likeness (QED) is 0.551. The normalized spacial score (nSPS) is 9.45. The van der Waals surface area contributed by atoms with E-state index in [0.717, 1.165) is 0 Å². The fourth-order valence-electron chi connectivity index (χ4n) is 0.433. The summed E-state index contributed by atoms with van der Waals surface area (Å²) in [6.45, 7) is 10.6. The van der Waals surface area contributed by atoms with Crippen LogP contribution in [0.15, 0.2) is 0 Å².